The molecule has 156 valence electrons. The Bertz CT molecular complexity index is 857. The molecule has 1 saturated carbocycles. The average molecular weight is 399 g/mol. The van der Waals surface area contributed by atoms with Crippen LogP contribution in [0.4, 0.5) is 0 Å². The molecule has 3 rings (SSSR count). The van der Waals surface area contributed by atoms with E-state index in [-0.39, 0.29) is 11.5 Å². The van der Waals surface area contributed by atoms with Gasteiger partial charge in [-0.15, -0.1) is 0 Å². The van der Waals surface area contributed by atoms with Crippen molar-refractivity contribution in [2.45, 2.75) is 58.1 Å². The van der Waals surface area contributed by atoms with Gasteiger partial charge in [0.15, 0.2) is 6.10 Å². The summed E-state index contributed by atoms with van der Waals surface area (Å²) in [6.07, 6.45) is 5.57. The Labute approximate surface area is 171 Å². The molecule has 1 N–H and O–H groups in total. The molecule has 1 fully saturated rings. The topological polar surface area (TPSA) is 82.4 Å². The van der Waals surface area contributed by atoms with Crippen LogP contribution >= 0.6 is 0 Å². The van der Waals surface area contributed by atoms with E-state index in [1.165, 1.54) is 17.4 Å². The SMILES string of the molecule is CCOc1ccc(OC(C)C(=O)NCCn2cnc(C3CCCC3)cc2=O)cc1. The Balaban J connectivity index is 1.45. The number of hydrogen-bond donors (Lipinski definition) is 1. The van der Waals surface area contributed by atoms with Crippen molar-refractivity contribution in [2.75, 3.05) is 13.2 Å². The summed E-state index contributed by atoms with van der Waals surface area (Å²) in [5, 5.41) is 2.80. The maximum atomic E-state index is 12.3. The smallest absolute Gasteiger partial charge is 0.260 e. The minimum absolute atomic E-state index is 0.0742. The van der Waals surface area contributed by atoms with Gasteiger partial charge in [0.05, 0.1) is 18.6 Å². The zero-order valence-corrected chi connectivity index (χ0v) is 17.1. The van der Waals surface area contributed by atoms with Gasteiger partial charge in [-0.1, -0.05) is 12.8 Å². The molecule has 1 aromatic heterocycles. The second-order valence-electron chi connectivity index (χ2n) is 7.28. The molecule has 7 heteroatoms. The van der Waals surface area contributed by atoms with Crippen LogP contribution in [-0.4, -0.2) is 34.7 Å². The van der Waals surface area contributed by atoms with E-state index in [1.807, 2.05) is 6.92 Å². The maximum absolute atomic E-state index is 12.3. The highest BCUT2D eigenvalue weighted by molar-refractivity contribution is 5.80. The summed E-state index contributed by atoms with van der Waals surface area (Å²) in [6.45, 7) is 4.92. The van der Waals surface area contributed by atoms with E-state index >= 15 is 0 Å². The van der Waals surface area contributed by atoms with Gasteiger partial charge >= 0.3 is 0 Å². The number of amides is 1. The maximum Gasteiger partial charge on any atom is 0.260 e. The molecule has 2 aromatic rings. The summed E-state index contributed by atoms with van der Waals surface area (Å²) in [5.74, 6) is 1.54. The third kappa shape index (κ3) is 5.82. The van der Waals surface area contributed by atoms with Gasteiger partial charge in [0.1, 0.15) is 11.5 Å². The minimum atomic E-state index is -0.646. The fraction of sp³-hybridized carbons (Fsp3) is 0.500. The highest BCUT2D eigenvalue weighted by atomic mass is 16.5. The van der Waals surface area contributed by atoms with Gasteiger partial charge in [0.25, 0.3) is 11.5 Å². The van der Waals surface area contributed by atoms with E-state index in [4.69, 9.17) is 9.47 Å². The monoisotopic (exact) mass is 399 g/mol. The van der Waals surface area contributed by atoms with Crippen molar-refractivity contribution in [2.24, 2.45) is 0 Å². The van der Waals surface area contributed by atoms with Crippen LogP contribution in [0.2, 0.25) is 0 Å². The third-order valence-corrected chi connectivity index (χ3v) is 5.14. The molecule has 29 heavy (non-hydrogen) atoms. The Hall–Kier alpha value is -2.83. The molecule has 1 unspecified atom stereocenters. The molecule has 0 saturated heterocycles. The van der Waals surface area contributed by atoms with E-state index in [2.05, 4.69) is 10.3 Å². The number of carbonyl (C=O) groups excluding carboxylic acids is 1. The van der Waals surface area contributed by atoms with Crippen LogP contribution in [0.3, 0.4) is 0 Å². The van der Waals surface area contributed by atoms with Gasteiger partial charge in [-0.25, -0.2) is 4.98 Å². The van der Waals surface area contributed by atoms with Gasteiger partial charge < -0.3 is 14.8 Å². The van der Waals surface area contributed by atoms with E-state index in [0.717, 1.165) is 24.3 Å². The minimum Gasteiger partial charge on any atom is -0.494 e. The van der Waals surface area contributed by atoms with Crippen molar-refractivity contribution in [3.8, 4) is 11.5 Å². The Kier molecular flexibility index (Phi) is 7.27. The van der Waals surface area contributed by atoms with E-state index < -0.39 is 6.10 Å². The van der Waals surface area contributed by atoms with Crippen LogP contribution < -0.4 is 20.3 Å². The van der Waals surface area contributed by atoms with E-state index in [9.17, 15) is 9.59 Å². The number of ether oxygens (including phenoxy) is 2. The first kappa shape index (κ1) is 20.9. The second-order valence-corrected chi connectivity index (χ2v) is 7.28. The van der Waals surface area contributed by atoms with Crippen LogP contribution in [0.5, 0.6) is 11.5 Å². The van der Waals surface area contributed by atoms with Crippen molar-refractivity contribution >= 4 is 5.91 Å². The predicted molar refractivity (Wildman–Crippen MR) is 110 cm³/mol. The highest BCUT2D eigenvalue weighted by Gasteiger charge is 2.19. The van der Waals surface area contributed by atoms with Crippen molar-refractivity contribution < 1.29 is 14.3 Å². The lowest BCUT2D eigenvalue weighted by molar-refractivity contribution is -0.127. The van der Waals surface area contributed by atoms with E-state index in [0.29, 0.717) is 31.4 Å². The van der Waals surface area contributed by atoms with Crippen molar-refractivity contribution in [1.82, 2.24) is 14.9 Å². The quantitative estimate of drug-likeness (QED) is 0.701. The van der Waals surface area contributed by atoms with Gasteiger partial charge in [-0.3, -0.25) is 14.2 Å². The molecule has 0 aliphatic heterocycles. The van der Waals surface area contributed by atoms with Crippen LogP contribution in [-0.2, 0) is 11.3 Å². The standard InChI is InChI=1S/C22H29N3O4/c1-3-28-18-8-10-19(11-9-18)29-16(2)22(27)23-12-13-25-15-24-20(14-21(25)26)17-6-4-5-7-17/h8-11,14-17H,3-7,12-13H2,1-2H3,(H,23,27). The van der Waals surface area contributed by atoms with Crippen LogP contribution in [0.25, 0.3) is 0 Å². The fourth-order valence-corrected chi connectivity index (χ4v) is 3.53. The molecule has 1 atom stereocenters. The number of nitrogens with zero attached hydrogens (tertiary/aromatic N) is 2. The molecular formula is C22H29N3O4. The molecule has 0 bridgehead atoms. The fourth-order valence-electron chi connectivity index (χ4n) is 3.53. The Morgan fingerprint density at radius 2 is 1.93 bits per heavy atom. The Morgan fingerprint density at radius 3 is 2.59 bits per heavy atom. The largest absolute Gasteiger partial charge is 0.494 e. The number of hydrogen-bond acceptors (Lipinski definition) is 5. The van der Waals surface area contributed by atoms with Crippen molar-refractivity contribution in [3.63, 3.8) is 0 Å². The summed E-state index contributed by atoms with van der Waals surface area (Å²) >= 11 is 0. The summed E-state index contributed by atoms with van der Waals surface area (Å²) in [6, 6.07) is 8.78. The van der Waals surface area contributed by atoms with Crippen molar-refractivity contribution in [3.05, 3.63) is 52.7 Å². The lowest BCUT2D eigenvalue weighted by atomic mass is 10.0. The lowest BCUT2D eigenvalue weighted by Crippen LogP contribution is -2.38. The summed E-state index contributed by atoms with van der Waals surface area (Å²) in [7, 11) is 0. The number of aromatic nitrogens is 2. The summed E-state index contributed by atoms with van der Waals surface area (Å²) < 4.78 is 12.6. The van der Waals surface area contributed by atoms with E-state index in [1.54, 1.807) is 43.6 Å². The molecule has 1 aliphatic rings. The Morgan fingerprint density at radius 1 is 1.24 bits per heavy atom. The normalized spacial score (nSPS) is 15.1. The third-order valence-electron chi connectivity index (χ3n) is 5.14. The van der Waals surface area contributed by atoms with Crippen molar-refractivity contribution in [1.29, 1.82) is 0 Å². The molecule has 1 aliphatic carbocycles. The lowest BCUT2D eigenvalue weighted by Gasteiger charge is -2.15. The summed E-state index contributed by atoms with van der Waals surface area (Å²) in [5.41, 5.74) is 0.819. The first-order chi connectivity index (χ1) is 14.1. The van der Waals surface area contributed by atoms with Gasteiger partial charge in [0, 0.05) is 25.1 Å². The van der Waals surface area contributed by atoms with Crippen LogP contribution in [0.15, 0.2) is 41.5 Å². The zero-order chi connectivity index (χ0) is 20.6. The van der Waals surface area contributed by atoms with Crippen LogP contribution in [0.1, 0.15) is 51.1 Å². The molecule has 0 spiro atoms. The summed E-state index contributed by atoms with van der Waals surface area (Å²) in [4.78, 5) is 29.0. The average Bonchev–Trinajstić information content (AvgIpc) is 3.25. The number of benzene rings is 1. The molecule has 1 aromatic carbocycles. The number of nitrogens with one attached hydrogen (secondary N) is 1. The molecular weight excluding hydrogens is 370 g/mol. The predicted octanol–water partition coefficient (Wildman–Crippen LogP) is 2.88. The first-order valence-corrected chi connectivity index (χ1v) is 10.3. The molecule has 1 amide bonds. The zero-order valence-electron chi connectivity index (χ0n) is 17.1. The van der Waals surface area contributed by atoms with Crippen LogP contribution in [0, 0.1) is 0 Å². The first-order valence-electron chi connectivity index (χ1n) is 10.3. The number of carbonyl (C=O) groups is 1. The molecule has 0 radical (unpaired) electrons. The highest BCUT2D eigenvalue weighted by Crippen LogP contribution is 2.32. The molecule has 7 nitrogen and oxygen atoms in total. The van der Waals surface area contributed by atoms with Gasteiger partial charge in [-0.2, -0.15) is 0 Å². The molecule has 1 heterocycles. The van der Waals surface area contributed by atoms with Gasteiger partial charge in [0.2, 0.25) is 0 Å². The number of rotatable bonds is 9. The van der Waals surface area contributed by atoms with Gasteiger partial charge in [-0.05, 0) is 51.0 Å². The second kappa shape index (κ2) is 10.1.